The molecule has 5 atom stereocenters. The molecule has 3 aliphatic carbocycles. The molecule has 0 bridgehead atoms. The largest absolute Gasteiger partial charge is 0.510 e. The summed E-state index contributed by atoms with van der Waals surface area (Å²) in [4.78, 5) is 43.2. The molecule has 5 N–H and O–H groups in total. The van der Waals surface area contributed by atoms with Crippen molar-refractivity contribution in [1.29, 1.82) is 0 Å². The molecule has 1 saturated carbocycles. The van der Waals surface area contributed by atoms with Crippen molar-refractivity contribution in [3.05, 3.63) is 45.7 Å². The molecule has 0 aromatic heterocycles. The number of carbonyl (C=O) groups excluding carboxylic acids is 3. The lowest BCUT2D eigenvalue weighted by molar-refractivity contribution is -0.137. The average molecular weight is 496 g/mol. The number of benzene rings is 1. The molecule has 0 spiro atoms. The van der Waals surface area contributed by atoms with Crippen molar-refractivity contribution in [3.63, 3.8) is 0 Å². The molecular weight excluding hydrogens is 462 g/mol. The molecule has 1 saturated heterocycles. The van der Waals surface area contributed by atoms with Crippen molar-refractivity contribution in [2.45, 2.75) is 44.7 Å². The maximum Gasteiger partial charge on any atom is 0.255 e. The highest BCUT2D eigenvalue weighted by molar-refractivity contribution is 6.28. The van der Waals surface area contributed by atoms with Crippen molar-refractivity contribution < 1.29 is 29.7 Å². The molecule has 1 aliphatic heterocycles. The summed E-state index contributed by atoms with van der Waals surface area (Å²) >= 11 is 0. The molecule has 0 radical (unpaired) electrons. The highest BCUT2D eigenvalue weighted by Crippen LogP contribution is 2.51. The quantitative estimate of drug-likeness (QED) is 0.367. The van der Waals surface area contributed by atoms with Gasteiger partial charge in [-0.05, 0) is 81.9 Å². The molecule has 9 heteroatoms. The number of carbonyl (C=O) groups is 3. The van der Waals surface area contributed by atoms with Crippen molar-refractivity contribution in [2.24, 2.45) is 23.5 Å². The summed E-state index contributed by atoms with van der Waals surface area (Å²) in [5.41, 5.74) is 6.98. The highest BCUT2D eigenvalue weighted by Gasteiger charge is 2.55. The van der Waals surface area contributed by atoms with Crippen LogP contribution >= 0.6 is 0 Å². The van der Waals surface area contributed by atoms with Crippen LogP contribution in [0.3, 0.4) is 0 Å². The Morgan fingerprint density at radius 2 is 1.92 bits per heavy atom. The molecule has 192 valence electrons. The van der Waals surface area contributed by atoms with Gasteiger partial charge in [0, 0.05) is 11.6 Å². The molecule has 2 fully saturated rings. The maximum atomic E-state index is 13.8. The summed E-state index contributed by atoms with van der Waals surface area (Å²) in [7, 11) is 3.81. The number of rotatable bonds is 4. The average Bonchev–Trinajstić information content (AvgIpc) is 3.23. The van der Waals surface area contributed by atoms with Crippen molar-refractivity contribution in [3.8, 4) is 5.75 Å². The minimum atomic E-state index is -1.23. The van der Waals surface area contributed by atoms with E-state index < -0.39 is 40.9 Å². The number of nitrogens with zero attached hydrogens (tertiary/aromatic N) is 2. The number of aliphatic hydroxyl groups excluding tert-OH is 2. The number of phenolic OH excluding ortho intramolecular Hbond substituents is 1. The summed E-state index contributed by atoms with van der Waals surface area (Å²) in [6.45, 7) is 3.37. The van der Waals surface area contributed by atoms with Crippen LogP contribution in [-0.4, -0.2) is 75.8 Å². The lowest BCUT2D eigenvalue weighted by Crippen LogP contribution is -2.56. The Kier molecular flexibility index (Phi) is 5.95. The molecular formula is C27H33N3O6. The lowest BCUT2D eigenvalue weighted by Gasteiger charge is -2.46. The van der Waals surface area contributed by atoms with E-state index in [1.807, 2.05) is 20.0 Å². The number of aliphatic hydroxyl groups is 2. The number of likely N-dealkylation sites (tertiary alicyclic amines) is 1. The lowest BCUT2D eigenvalue weighted by atomic mass is 9.59. The maximum absolute atomic E-state index is 13.8. The van der Waals surface area contributed by atoms with Gasteiger partial charge in [0.25, 0.3) is 5.91 Å². The number of nitrogens with two attached hydrogens (primary N) is 1. The Labute approximate surface area is 209 Å². The van der Waals surface area contributed by atoms with Crippen LogP contribution in [0.15, 0.2) is 29.0 Å². The van der Waals surface area contributed by atoms with Crippen molar-refractivity contribution >= 4 is 23.2 Å². The van der Waals surface area contributed by atoms with Gasteiger partial charge < -0.3 is 21.1 Å². The molecule has 5 rings (SSSR count). The van der Waals surface area contributed by atoms with Crippen LogP contribution in [0, 0.1) is 17.8 Å². The molecule has 1 aromatic rings. The van der Waals surface area contributed by atoms with Crippen LogP contribution in [0.1, 0.15) is 48.9 Å². The third-order valence-electron chi connectivity index (χ3n) is 8.72. The normalized spacial score (nSPS) is 30.5. The van der Waals surface area contributed by atoms with Crippen molar-refractivity contribution in [2.75, 3.05) is 27.2 Å². The molecule has 4 aliphatic rings. The first-order valence-electron chi connectivity index (χ1n) is 12.6. The van der Waals surface area contributed by atoms with Crippen LogP contribution < -0.4 is 5.73 Å². The SMILES string of the molecule is CCN(C)C1C(O)=C(C(N)=O)C(=O)C2C(=O)C3=C(O)c4c(O)cc(C5CCCN5C)cc4C[C@H]3CC21. The van der Waals surface area contributed by atoms with E-state index in [1.54, 1.807) is 18.0 Å². The first-order valence-corrected chi connectivity index (χ1v) is 12.6. The number of amides is 1. The van der Waals surface area contributed by atoms with Crippen molar-refractivity contribution in [1.82, 2.24) is 9.80 Å². The Bertz CT molecular complexity index is 1230. The van der Waals surface area contributed by atoms with Gasteiger partial charge in [-0.25, -0.2) is 0 Å². The van der Waals surface area contributed by atoms with E-state index >= 15 is 0 Å². The number of fused-ring (bicyclic) bond motifs is 3. The number of allylic oxidation sites excluding steroid dienone is 1. The summed E-state index contributed by atoms with van der Waals surface area (Å²) < 4.78 is 0. The number of ketones is 2. The number of primary amides is 1. The minimum absolute atomic E-state index is 0.0879. The molecule has 9 nitrogen and oxygen atoms in total. The smallest absolute Gasteiger partial charge is 0.255 e. The fourth-order valence-corrected chi connectivity index (χ4v) is 6.95. The van der Waals surface area contributed by atoms with Gasteiger partial charge in [-0.15, -0.1) is 0 Å². The van der Waals surface area contributed by atoms with E-state index in [0.29, 0.717) is 19.4 Å². The van der Waals surface area contributed by atoms with Gasteiger partial charge in [-0.1, -0.05) is 13.0 Å². The predicted molar refractivity (Wildman–Crippen MR) is 132 cm³/mol. The van der Waals surface area contributed by atoms with E-state index in [2.05, 4.69) is 4.90 Å². The first-order chi connectivity index (χ1) is 17.1. The number of likely N-dealkylation sites (N-methyl/N-ethyl adjacent to an activating group) is 1. The number of phenols is 1. The molecule has 4 unspecified atom stereocenters. The number of hydrogen-bond donors (Lipinski definition) is 4. The number of Topliss-reactive ketones (excluding diaryl/α,β-unsaturated/α-hetero) is 2. The molecule has 1 heterocycles. The van der Waals surface area contributed by atoms with Gasteiger partial charge in [0.1, 0.15) is 22.8 Å². The fraction of sp³-hybridized carbons (Fsp3) is 0.519. The topological polar surface area (TPSA) is 144 Å². The van der Waals surface area contributed by atoms with Gasteiger partial charge in [-0.2, -0.15) is 0 Å². The second kappa shape index (κ2) is 8.74. The van der Waals surface area contributed by atoms with Crippen LogP contribution in [-0.2, 0) is 20.8 Å². The summed E-state index contributed by atoms with van der Waals surface area (Å²) in [6.07, 6.45) is 2.83. The zero-order chi connectivity index (χ0) is 26.0. The Balaban J connectivity index is 1.61. The third-order valence-corrected chi connectivity index (χ3v) is 8.72. The standard InChI is InChI=1S/C27H33N3O6/c1-4-29(2)22-15-10-14-9-13-8-12(16-6-5-7-30(16)3)11-17(31)18(13)23(32)19(14)24(33)20(15)25(34)21(26(22)35)27(28)36/h8,11,14-16,20,22,31-32,35H,4-7,9-10H2,1-3H3,(H2,28,36)/t14-,15?,16?,20?,22?/m0/s1. The Hall–Kier alpha value is -3.17. The summed E-state index contributed by atoms with van der Waals surface area (Å²) in [5.74, 6) is -5.41. The number of aromatic hydroxyl groups is 1. The predicted octanol–water partition coefficient (Wildman–Crippen LogP) is 2.01. The first kappa shape index (κ1) is 24.5. The van der Waals surface area contributed by atoms with E-state index in [4.69, 9.17) is 5.73 Å². The fourth-order valence-electron chi connectivity index (χ4n) is 6.95. The summed E-state index contributed by atoms with van der Waals surface area (Å²) in [5, 5.41) is 33.1. The third kappa shape index (κ3) is 3.48. The van der Waals surface area contributed by atoms with Crippen LogP contribution in [0.2, 0.25) is 0 Å². The Morgan fingerprint density at radius 3 is 2.53 bits per heavy atom. The van der Waals surface area contributed by atoms with Gasteiger partial charge in [0.15, 0.2) is 11.6 Å². The highest BCUT2D eigenvalue weighted by atomic mass is 16.3. The van der Waals surface area contributed by atoms with Gasteiger partial charge in [0.05, 0.1) is 17.5 Å². The van der Waals surface area contributed by atoms with E-state index in [1.165, 1.54) is 0 Å². The Morgan fingerprint density at radius 1 is 1.19 bits per heavy atom. The van der Waals surface area contributed by atoms with Crippen LogP contribution in [0.5, 0.6) is 5.75 Å². The molecule has 36 heavy (non-hydrogen) atoms. The minimum Gasteiger partial charge on any atom is -0.510 e. The van der Waals surface area contributed by atoms with Gasteiger partial charge >= 0.3 is 0 Å². The van der Waals surface area contributed by atoms with Gasteiger partial charge in [0.2, 0.25) is 0 Å². The van der Waals surface area contributed by atoms with E-state index in [0.717, 1.165) is 30.5 Å². The monoisotopic (exact) mass is 495 g/mol. The van der Waals surface area contributed by atoms with Crippen LogP contribution in [0.25, 0.3) is 5.76 Å². The number of hydrogen-bond acceptors (Lipinski definition) is 8. The molecule has 1 aromatic carbocycles. The summed E-state index contributed by atoms with van der Waals surface area (Å²) in [6, 6.07) is 3.12. The van der Waals surface area contributed by atoms with E-state index in [9.17, 15) is 29.7 Å². The second-order valence-electron chi connectivity index (χ2n) is 10.6. The zero-order valence-corrected chi connectivity index (χ0v) is 20.8. The van der Waals surface area contributed by atoms with Crippen LogP contribution in [0.4, 0.5) is 0 Å². The van der Waals surface area contributed by atoms with E-state index in [-0.39, 0.29) is 40.4 Å². The zero-order valence-electron chi connectivity index (χ0n) is 20.8. The molecule has 1 amide bonds. The van der Waals surface area contributed by atoms with Gasteiger partial charge in [-0.3, -0.25) is 24.2 Å². The second-order valence-corrected chi connectivity index (χ2v) is 10.6.